The molecule has 0 unspecified atom stereocenters. The lowest BCUT2D eigenvalue weighted by Crippen LogP contribution is -2.62. The molecule has 6 aliphatic rings. The largest absolute Gasteiger partial charge is 0.396 e. The van der Waals surface area contributed by atoms with Gasteiger partial charge in [-0.2, -0.15) is 0 Å². The fourth-order valence-corrected chi connectivity index (χ4v) is 17.5. The van der Waals surface area contributed by atoms with Crippen LogP contribution >= 0.6 is 43.2 Å². The Labute approximate surface area is 319 Å². The second-order valence-corrected chi connectivity index (χ2v) is 21.6. The number of aliphatic imine (C=N–C) groups is 1. The smallest absolute Gasteiger partial charge is 0.189 e. The maximum absolute atomic E-state index is 14.6. The van der Waals surface area contributed by atoms with Crippen LogP contribution < -0.4 is 11.1 Å². The molecule has 10 atom stereocenters. The summed E-state index contributed by atoms with van der Waals surface area (Å²) in [5, 5.41) is 46.1. The second kappa shape index (κ2) is 15.7. The number of rotatable bonds is 7. The summed E-state index contributed by atoms with van der Waals surface area (Å²) < 4.78 is 0. The predicted molar refractivity (Wildman–Crippen MR) is 214 cm³/mol. The highest BCUT2D eigenvalue weighted by molar-refractivity contribution is 8.77. The fraction of sp³-hybridized carbons (Fsp3) is 0.744. The minimum absolute atomic E-state index is 0.0272. The molecule has 0 aromatic heterocycles. The van der Waals surface area contributed by atoms with Gasteiger partial charge < -0.3 is 31.5 Å². The first-order valence-corrected chi connectivity index (χ1v) is 24.0. The number of hydrogen-bond acceptors (Lipinski definition) is 12. The van der Waals surface area contributed by atoms with Gasteiger partial charge in [-0.3, -0.25) is 9.79 Å². The first-order chi connectivity index (χ1) is 24.6. The Kier molecular flexibility index (Phi) is 11.8. The third kappa shape index (κ3) is 6.76. The summed E-state index contributed by atoms with van der Waals surface area (Å²) in [4.78, 5) is 19.3. The average Bonchev–Trinajstić information content (AvgIpc) is 3.45. The van der Waals surface area contributed by atoms with E-state index in [0.29, 0.717) is 43.5 Å². The van der Waals surface area contributed by atoms with Gasteiger partial charge in [0.2, 0.25) is 0 Å². The average molecular weight is 776 g/mol. The summed E-state index contributed by atoms with van der Waals surface area (Å²) in [6, 6.07) is 6.32. The Balaban J connectivity index is 1.34. The van der Waals surface area contributed by atoms with E-state index in [1.165, 1.54) is 5.57 Å². The van der Waals surface area contributed by atoms with Crippen LogP contribution in [0.15, 0.2) is 34.3 Å². The van der Waals surface area contributed by atoms with Crippen molar-refractivity contribution in [3.05, 3.63) is 46.0 Å². The number of nitrogens with two attached hydrogens (primary N) is 1. The number of hydrogen-bond donors (Lipinski definition) is 6. The van der Waals surface area contributed by atoms with Crippen molar-refractivity contribution in [1.29, 1.82) is 0 Å². The monoisotopic (exact) mass is 775 g/mol. The predicted octanol–water partition coefficient (Wildman–Crippen LogP) is 6.07. The number of Topliss-reactive ketones (excluding diaryl/α,β-unsaturated/α-hetero) is 1. The van der Waals surface area contributed by atoms with Crippen LogP contribution in [0.5, 0.6) is 0 Å². The molecule has 0 amide bonds. The van der Waals surface area contributed by atoms with Crippen molar-refractivity contribution in [3.63, 3.8) is 0 Å². The van der Waals surface area contributed by atoms with E-state index in [4.69, 9.17) is 10.7 Å². The molecule has 9 bridgehead atoms. The lowest BCUT2D eigenvalue weighted by atomic mass is 9.47. The Morgan fingerprint density at radius 2 is 1.96 bits per heavy atom. The van der Waals surface area contributed by atoms with Crippen LogP contribution in [-0.2, 0) is 17.8 Å². The third-order valence-electron chi connectivity index (χ3n) is 14.1. The first kappa shape index (κ1) is 38.4. The van der Waals surface area contributed by atoms with Crippen LogP contribution in [0, 0.1) is 40.4 Å². The molecule has 12 heteroatoms. The maximum Gasteiger partial charge on any atom is 0.189 e. The standard InChI is InChI=1S/C39H57N3O5S4/c1-3-33(46)35-24-6-7-25(19-44)26(12-24)13-29-18-41-36(40)42-38(29)16-23(21-49-51-35)11-30-32-15-28-14-27(20-45)31(5-4-9-43)39(32,17-34(30)47)37(28,2)8-10-48-50-22-38/h6-7,12,23,27-29,31,33,35,43-46H,3-5,8-11,13-22H2,1-2H3,(H3,40,41,42)/t23-,27+,28-,29-,31+,33-,35-,37-,38-,39-/m0/s1. The van der Waals surface area contributed by atoms with Crippen molar-refractivity contribution in [2.24, 2.45) is 51.1 Å². The SMILES string of the molecule is CC[C@H](O)[C@H]1SSC[C@H]2CC3=C4C[C@@H]5C[C@H](CO)[C@@H](CCCO)[C@]4(CC3=O)[C@@]5(C)CCSSC[C@]3(C2)NC(N)=NC[C@@H]3Cc2cc1ccc2CO. The molecule has 7 rings (SSSR count). The summed E-state index contributed by atoms with van der Waals surface area (Å²) in [6.07, 6.45) is 7.51. The number of ketones is 1. The van der Waals surface area contributed by atoms with Crippen molar-refractivity contribution in [3.8, 4) is 0 Å². The molecule has 2 fully saturated rings. The topological polar surface area (TPSA) is 148 Å². The van der Waals surface area contributed by atoms with Gasteiger partial charge in [-0.15, -0.1) is 0 Å². The maximum atomic E-state index is 14.6. The van der Waals surface area contributed by atoms with Crippen molar-refractivity contribution in [1.82, 2.24) is 5.32 Å². The van der Waals surface area contributed by atoms with Gasteiger partial charge in [-0.1, -0.05) is 80.8 Å². The third-order valence-corrected chi connectivity index (χ3v) is 19.6. The number of carbonyl (C=O) groups is 1. The molecular formula is C39H57N3O5S4. The highest BCUT2D eigenvalue weighted by Crippen LogP contribution is 2.75. The number of aliphatic hydroxyl groups excluding tert-OH is 4. The zero-order valence-electron chi connectivity index (χ0n) is 30.1. The molecule has 51 heavy (non-hydrogen) atoms. The molecule has 3 heterocycles. The molecule has 1 aromatic rings. The summed E-state index contributed by atoms with van der Waals surface area (Å²) >= 11 is 0. The molecule has 2 saturated carbocycles. The normalized spacial score (nSPS) is 38.9. The van der Waals surface area contributed by atoms with Crippen molar-refractivity contribution in [2.75, 3.05) is 37.0 Å². The number of benzene rings is 1. The van der Waals surface area contributed by atoms with Crippen LogP contribution in [0.3, 0.4) is 0 Å². The van der Waals surface area contributed by atoms with Crippen molar-refractivity contribution < 1.29 is 25.2 Å². The van der Waals surface area contributed by atoms with E-state index in [0.717, 1.165) is 84.5 Å². The molecule has 1 aromatic carbocycles. The summed E-state index contributed by atoms with van der Waals surface area (Å²) in [5.74, 6) is 4.58. The van der Waals surface area contributed by atoms with Crippen LogP contribution in [-0.4, -0.2) is 80.8 Å². The van der Waals surface area contributed by atoms with Gasteiger partial charge >= 0.3 is 0 Å². The van der Waals surface area contributed by atoms with Gasteiger partial charge in [0.1, 0.15) is 0 Å². The minimum Gasteiger partial charge on any atom is -0.396 e. The van der Waals surface area contributed by atoms with Gasteiger partial charge in [0, 0.05) is 54.8 Å². The van der Waals surface area contributed by atoms with E-state index < -0.39 is 6.10 Å². The van der Waals surface area contributed by atoms with Gasteiger partial charge in [0.15, 0.2) is 11.7 Å². The first-order valence-electron chi connectivity index (χ1n) is 19.1. The second-order valence-electron chi connectivity index (χ2n) is 16.5. The van der Waals surface area contributed by atoms with Crippen molar-refractivity contribution in [2.45, 2.75) is 102 Å². The Bertz CT molecular complexity index is 1530. The highest BCUT2D eigenvalue weighted by Gasteiger charge is 2.69. The van der Waals surface area contributed by atoms with Crippen LogP contribution in [0.1, 0.15) is 93.6 Å². The van der Waals surface area contributed by atoms with E-state index in [2.05, 4.69) is 24.4 Å². The van der Waals surface area contributed by atoms with E-state index in [1.54, 1.807) is 10.8 Å². The highest BCUT2D eigenvalue weighted by atomic mass is 33.1. The van der Waals surface area contributed by atoms with Crippen molar-refractivity contribution >= 4 is 54.9 Å². The number of allylic oxidation sites excluding steroid dienone is 2. The van der Waals surface area contributed by atoms with Gasteiger partial charge in [-0.05, 0) is 109 Å². The summed E-state index contributed by atoms with van der Waals surface area (Å²) in [7, 11) is 7.44. The summed E-state index contributed by atoms with van der Waals surface area (Å²) in [6.45, 7) is 5.33. The molecule has 0 radical (unpaired) electrons. The molecule has 282 valence electrons. The molecule has 8 nitrogen and oxygen atoms in total. The Morgan fingerprint density at radius 1 is 1.12 bits per heavy atom. The molecular weight excluding hydrogens is 719 g/mol. The van der Waals surface area contributed by atoms with Crippen LogP contribution in [0.2, 0.25) is 0 Å². The molecule has 7 N–H and O–H groups in total. The van der Waals surface area contributed by atoms with Gasteiger partial charge in [-0.25, -0.2) is 0 Å². The Morgan fingerprint density at radius 3 is 2.73 bits per heavy atom. The molecule has 0 saturated heterocycles. The van der Waals surface area contributed by atoms with E-state index in [1.807, 2.05) is 45.4 Å². The number of aliphatic hydroxyl groups is 4. The van der Waals surface area contributed by atoms with Gasteiger partial charge in [0.05, 0.1) is 23.5 Å². The van der Waals surface area contributed by atoms with Gasteiger partial charge in [0.25, 0.3) is 0 Å². The van der Waals surface area contributed by atoms with Crippen LogP contribution in [0.4, 0.5) is 0 Å². The Hall–Kier alpha value is -0.860. The molecule has 3 aliphatic carbocycles. The van der Waals surface area contributed by atoms with E-state index in [9.17, 15) is 25.2 Å². The number of nitrogens with zero attached hydrogens (tertiary/aromatic N) is 1. The number of nitrogens with one attached hydrogen (secondary N) is 1. The van der Waals surface area contributed by atoms with E-state index in [-0.39, 0.29) is 65.1 Å². The van der Waals surface area contributed by atoms with E-state index >= 15 is 0 Å². The molecule has 2 spiro atoms. The fourth-order valence-electron chi connectivity index (χ4n) is 11.4. The quantitative estimate of drug-likeness (QED) is 0.180. The van der Waals surface area contributed by atoms with Crippen LogP contribution in [0.25, 0.3) is 0 Å². The lowest BCUT2D eigenvalue weighted by Gasteiger charge is -2.57. The summed E-state index contributed by atoms with van der Waals surface area (Å²) in [5.41, 5.74) is 11.5. The number of fused-ring (bicyclic) bond motifs is 3. The lowest BCUT2D eigenvalue weighted by molar-refractivity contribution is -0.125. The minimum atomic E-state index is -0.501. The number of guanidine groups is 1. The zero-order chi connectivity index (χ0) is 36.0. The zero-order valence-corrected chi connectivity index (χ0v) is 33.4. The molecule has 3 aliphatic heterocycles. The number of carbonyl (C=O) groups excluding carboxylic acids is 1.